The van der Waals surface area contributed by atoms with E-state index in [9.17, 15) is 9.65 Å². The van der Waals surface area contributed by atoms with Crippen LogP contribution in [0.3, 0.4) is 0 Å². The third-order valence-corrected chi connectivity index (χ3v) is 3.61. The van der Waals surface area contributed by atoms with Crippen molar-refractivity contribution < 1.29 is 4.39 Å². The highest BCUT2D eigenvalue weighted by atomic mass is 79.9. The third-order valence-electron chi connectivity index (χ3n) is 2.89. The molecule has 1 aliphatic heterocycles. The number of nitrogens with zero attached hydrogens (tertiary/aromatic N) is 2. The molecule has 0 radical (unpaired) electrons. The summed E-state index contributed by atoms with van der Waals surface area (Å²) in [5, 5.41) is 12.5. The standard InChI is InChI=1S/C12H13BrFN3/c13-11-2-1-9(14)7-10(11)12(8-15)17-5-3-16-4-6-17/h1-2,7,12,16H,3-6H2. The van der Waals surface area contributed by atoms with Gasteiger partial charge in [0.1, 0.15) is 11.9 Å². The van der Waals surface area contributed by atoms with Gasteiger partial charge in [-0.2, -0.15) is 5.26 Å². The van der Waals surface area contributed by atoms with Crippen LogP contribution in [0.5, 0.6) is 0 Å². The van der Waals surface area contributed by atoms with E-state index in [2.05, 4.69) is 32.2 Å². The van der Waals surface area contributed by atoms with Gasteiger partial charge in [0.15, 0.2) is 0 Å². The van der Waals surface area contributed by atoms with Crippen molar-refractivity contribution in [3.8, 4) is 6.07 Å². The number of nitrogens with one attached hydrogen (secondary N) is 1. The molecule has 17 heavy (non-hydrogen) atoms. The van der Waals surface area contributed by atoms with Gasteiger partial charge in [-0.05, 0) is 18.2 Å². The van der Waals surface area contributed by atoms with Crippen molar-refractivity contribution in [2.24, 2.45) is 0 Å². The molecule has 0 bridgehead atoms. The lowest BCUT2D eigenvalue weighted by Crippen LogP contribution is -2.44. The molecule has 0 amide bonds. The van der Waals surface area contributed by atoms with Gasteiger partial charge in [-0.25, -0.2) is 4.39 Å². The quantitative estimate of drug-likeness (QED) is 0.908. The maximum atomic E-state index is 13.2. The molecule has 0 spiro atoms. The zero-order chi connectivity index (χ0) is 12.3. The van der Waals surface area contributed by atoms with E-state index in [-0.39, 0.29) is 11.9 Å². The molecule has 1 saturated heterocycles. The Kier molecular flexibility index (Phi) is 4.11. The van der Waals surface area contributed by atoms with E-state index in [1.807, 2.05) is 0 Å². The first kappa shape index (κ1) is 12.5. The van der Waals surface area contributed by atoms with Crippen molar-refractivity contribution in [3.05, 3.63) is 34.1 Å². The fraction of sp³-hybridized carbons (Fsp3) is 0.417. The largest absolute Gasteiger partial charge is 0.314 e. The zero-order valence-corrected chi connectivity index (χ0v) is 10.9. The second kappa shape index (κ2) is 5.58. The minimum absolute atomic E-state index is 0.307. The molecular formula is C12H13BrFN3. The monoisotopic (exact) mass is 297 g/mol. The van der Waals surface area contributed by atoms with E-state index in [1.54, 1.807) is 6.07 Å². The molecule has 1 unspecified atom stereocenters. The van der Waals surface area contributed by atoms with Gasteiger partial charge in [0, 0.05) is 36.2 Å². The Bertz CT molecular complexity index is 438. The predicted octanol–water partition coefficient (Wildman–Crippen LogP) is 2.06. The van der Waals surface area contributed by atoms with Crippen LogP contribution >= 0.6 is 15.9 Å². The average Bonchev–Trinajstić information content (AvgIpc) is 2.36. The molecule has 0 aliphatic carbocycles. The Hall–Kier alpha value is -0.960. The van der Waals surface area contributed by atoms with Gasteiger partial charge in [-0.1, -0.05) is 15.9 Å². The number of hydrogen-bond donors (Lipinski definition) is 1. The van der Waals surface area contributed by atoms with Crippen LogP contribution in [-0.2, 0) is 0 Å². The summed E-state index contributed by atoms with van der Waals surface area (Å²) in [4.78, 5) is 2.07. The van der Waals surface area contributed by atoms with Gasteiger partial charge in [0.2, 0.25) is 0 Å². The van der Waals surface area contributed by atoms with E-state index < -0.39 is 0 Å². The van der Waals surface area contributed by atoms with Crippen molar-refractivity contribution in [1.29, 1.82) is 5.26 Å². The van der Waals surface area contributed by atoms with E-state index in [0.29, 0.717) is 5.56 Å². The number of piperazine rings is 1. The first-order chi connectivity index (χ1) is 8.22. The van der Waals surface area contributed by atoms with Gasteiger partial charge in [0.25, 0.3) is 0 Å². The summed E-state index contributed by atoms with van der Waals surface area (Å²) in [6.07, 6.45) is 0. The van der Waals surface area contributed by atoms with Crippen LogP contribution in [0, 0.1) is 17.1 Å². The second-order valence-corrected chi connectivity index (χ2v) is 4.84. The van der Waals surface area contributed by atoms with Gasteiger partial charge < -0.3 is 5.32 Å². The molecule has 2 rings (SSSR count). The normalized spacial score (nSPS) is 18.6. The average molecular weight is 298 g/mol. The van der Waals surface area contributed by atoms with Gasteiger partial charge >= 0.3 is 0 Å². The summed E-state index contributed by atoms with van der Waals surface area (Å²) in [5.41, 5.74) is 0.703. The molecular weight excluding hydrogens is 285 g/mol. The fourth-order valence-electron chi connectivity index (χ4n) is 2.01. The van der Waals surface area contributed by atoms with Gasteiger partial charge in [0.05, 0.1) is 6.07 Å². The highest BCUT2D eigenvalue weighted by molar-refractivity contribution is 9.10. The van der Waals surface area contributed by atoms with Crippen molar-refractivity contribution in [2.75, 3.05) is 26.2 Å². The number of rotatable bonds is 2. The SMILES string of the molecule is N#CC(c1cc(F)ccc1Br)N1CCNCC1. The van der Waals surface area contributed by atoms with Gasteiger partial charge in [-0.3, -0.25) is 4.90 Å². The molecule has 1 aliphatic rings. The first-order valence-corrected chi connectivity index (χ1v) is 6.31. The van der Waals surface area contributed by atoms with Gasteiger partial charge in [-0.15, -0.1) is 0 Å². The number of benzene rings is 1. The molecule has 1 aromatic carbocycles. The smallest absolute Gasteiger partial charge is 0.125 e. The summed E-state index contributed by atoms with van der Waals surface area (Å²) in [5.74, 6) is -0.307. The molecule has 5 heteroatoms. The lowest BCUT2D eigenvalue weighted by atomic mass is 10.1. The third kappa shape index (κ3) is 2.83. The first-order valence-electron chi connectivity index (χ1n) is 5.51. The summed E-state index contributed by atoms with van der Waals surface area (Å²) in [6, 6.07) is 6.34. The van der Waals surface area contributed by atoms with Crippen molar-refractivity contribution in [3.63, 3.8) is 0 Å². The maximum Gasteiger partial charge on any atom is 0.125 e. The number of halogens is 2. The van der Waals surface area contributed by atoms with Crippen LogP contribution in [0.25, 0.3) is 0 Å². The molecule has 1 heterocycles. The molecule has 1 fully saturated rings. The lowest BCUT2D eigenvalue weighted by Gasteiger charge is -2.31. The molecule has 1 N–H and O–H groups in total. The predicted molar refractivity (Wildman–Crippen MR) is 66.9 cm³/mol. The molecule has 90 valence electrons. The Morgan fingerprint density at radius 1 is 1.41 bits per heavy atom. The highest BCUT2D eigenvalue weighted by Crippen LogP contribution is 2.28. The second-order valence-electron chi connectivity index (χ2n) is 3.98. The number of nitriles is 1. The van der Waals surface area contributed by atoms with Crippen LogP contribution in [0.2, 0.25) is 0 Å². The molecule has 1 aromatic rings. The molecule has 3 nitrogen and oxygen atoms in total. The fourth-order valence-corrected chi connectivity index (χ4v) is 2.48. The van der Waals surface area contributed by atoms with E-state index in [0.717, 1.165) is 30.7 Å². The van der Waals surface area contributed by atoms with E-state index >= 15 is 0 Å². The molecule has 0 aromatic heterocycles. The summed E-state index contributed by atoms with van der Waals surface area (Å²) in [7, 11) is 0. The van der Waals surface area contributed by atoms with Crippen LogP contribution in [0.4, 0.5) is 4.39 Å². The Balaban J connectivity index is 2.28. The van der Waals surface area contributed by atoms with E-state index in [4.69, 9.17) is 0 Å². The van der Waals surface area contributed by atoms with Crippen molar-refractivity contribution in [1.82, 2.24) is 10.2 Å². The minimum atomic E-state index is -0.387. The molecule has 0 saturated carbocycles. The summed E-state index contributed by atoms with van der Waals surface area (Å²) >= 11 is 3.38. The van der Waals surface area contributed by atoms with Crippen molar-refractivity contribution in [2.45, 2.75) is 6.04 Å². The van der Waals surface area contributed by atoms with Crippen molar-refractivity contribution >= 4 is 15.9 Å². The Morgan fingerprint density at radius 3 is 2.76 bits per heavy atom. The topological polar surface area (TPSA) is 39.1 Å². The number of hydrogen-bond acceptors (Lipinski definition) is 3. The Morgan fingerprint density at radius 2 is 2.12 bits per heavy atom. The molecule has 1 atom stereocenters. The van der Waals surface area contributed by atoms with Crippen LogP contribution in [0.1, 0.15) is 11.6 Å². The van der Waals surface area contributed by atoms with Crippen LogP contribution < -0.4 is 5.32 Å². The lowest BCUT2D eigenvalue weighted by molar-refractivity contribution is 0.207. The maximum absolute atomic E-state index is 13.2. The van der Waals surface area contributed by atoms with Crippen LogP contribution in [-0.4, -0.2) is 31.1 Å². The summed E-state index contributed by atoms with van der Waals surface area (Å²) < 4.78 is 14.0. The van der Waals surface area contributed by atoms with Crippen LogP contribution in [0.15, 0.2) is 22.7 Å². The van der Waals surface area contributed by atoms with E-state index in [1.165, 1.54) is 12.1 Å². The minimum Gasteiger partial charge on any atom is -0.314 e. The zero-order valence-electron chi connectivity index (χ0n) is 9.29. The Labute approximate surface area is 108 Å². The summed E-state index contributed by atoms with van der Waals surface area (Å²) in [6.45, 7) is 3.35. The highest BCUT2D eigenvalue weighted by Gasteiger charge is 2.23.